The maximum atomic E-state index is 11.5. The number of imidazole rings is 1. The summed E-state index contributed by atoms with van der Waals surface area (Å²) in [7, 11) is -3.22. The highest BCUT2D eigenvalue weighted by Gasteiger charge is 2.25. The lowest BCUT2D eigenvalue weighted by molar-refractivity contribution is 0.178. The molecule has 4 rings (SSSR count). The molecule has 1 aliphatic heterocycles. The van der Waals surface area contributed by atoms with Crippen LogP contribution in [-0.4, -0.2) is 42.2 Å². The highest BCUT2D eigenvalue weighted by Crippen LogP contribution is 2.25. The van der Waals surface area contributed by atoms with Gasteiger partial charge in [-0.05, 0) is 16.3 Å². The molecule has 0 aliphatic carbocycles. The summed E-state index contributed by atoms with van der Waals surface area (Å²) in [6, 6.07) is 14.8. The molecule has 136 valence electrons. The fourth-order valence-corrected chi connectivity index (χ4v) is 4.16. The molecule has 26 heavy (non-hydrogen) atoms. The van der Waals surface area contributed by atoms with Crippen LogP contribution in [0, 0.1) is 0 Å². The number of sulfonamides is 1. The van der Waals surface area contributed by atoms with Crippen LogP contribution in [0.5, 0.6) is 0 Å². The van der Waals surface area contributed by atoms with E-state index in [2.05, 4.69) is 61.6 Å². The number of nitrogens with one attached hydrogen (secondary N) is 1. The second-order valence-corrected chi connectivity index (χ2v) is 8.71. The zero-order valence-electron chi connectivity index (χ0n) is 14.7. The summed E-state index contributed by atoms with van der Waals surface area (Å²) in [6.07, 6.45) is 4.85. The van der Waals surface area contributed by atoms with Crippen molar-refractivity contribution >= 4 is 20.8 Å². The number of hydrogen-bond acceptors (Lipinski definition) is 4. The van der Waals surface area contributed by atoms with Crippen LogP contribution in [0.2, 0.25) is 0 Å². The van der Waals surface area contributed by atoms with E-state index < -0.39 is 10.0 Å². The molecule has 0 saturated heterocycles. The zero-order chi connectivity index (χ0) is 18.1. The third kappa shape index (κ3) is 3.65. The van der Waals surface area contributed by atoms with Crippen LogP contribution in [0.3, 0.4) is 0 Å². The zero-order valence-corrected chi connectivity index (χ0v) is 15.5. The largest absolute Gasteiger partial charge is 0.328 e. The Balaban J connectivity index is 1.58. The van der Waals surface area contributed by atoms with E-state index in [1.165, 1.54) is 22.6 Å². The van der Waals surface area contributed by atoms with Crippen molar-refractivity contribution < 1.29 is 8.42 Å². The Labute approximate surface area is 153 Å². The van der Waals surface area contributed by atoms with Gasteiger partial charge in [0.2, 0.25) is 10.0 Å². The van der Waals surface area contributed by atoms with Crippen molar-refractivity contribution in [3.05, 3.63) is 66.2 Å². The van der Waals surface area contributed by atoms with Gasteiger partial charge in [0.05, 0.1) is 24.3 Å². The van der Waals surface area contributed by atoms with E-state index in [1.807, 2.05) is 6.20 Å². The SMILES string of the molecule is CS(=O)(=O)NCC1CN(Cc2cccc3ccccc23)Cc2cncn21. The highest BCUT2D eigenvalue weighted by molar-refractivity contribution is 7.88. The maximum absolute atomic E-state index is 11.5. The molecule has 2 aromatic carbocycles. The van der Waals surface area contributed by atoms with Crippen molar-refractivity contribution in [3.63, 3.8) is 0 Å². The third-order valence-electron chi connectivity index (χ3n) is 4.85. The van der Waals surface area contributed by atoms with Crippen LogP contribution in [0.15, 0.2) is 55.0 Å². The lowest BCUT2D eigenvalue weighted by atomic mass is 10.0. The normalized spacial score (nSPS) is 18.1. The van der Waals surface area contributed by atoms with Gasteiger partial charge in [0, 0.05) is 32.4 Å². The first-order valence-corrected chi connectivity index (χ1v) is 10.5. The van der Waals surface area contributed by atoms with E-state index >= 15 is 0 Å². The lowest BCUT2D eigenvalue weighted by Crippen LogP contribution is -2.41. The molecule has 2 heterocycles. The number of nitrogens with zero attached hydrogens (tertiary/aromatic N) is 3. The Bertz CT molecular complexity index is 1020. The number of rotatable bonds is 5. The van der Waals surface area contributed by atoms with Gasteiger partial charge in [0.1, 0.15) is 0 Å². The summed E-state index contributed by atoms with van der Waals surface area (Å²) in [5.74, 6) is 0. The van der Waals surface area contributed by atoms with E-state index in [4.69, 9.17) is 0 Å². The molecular formula is C19H22N4O2S. The smallest absolute Gasteiger partial charge is 0.208 e. The van der Waals surface area contributed by atoms with Gasteiger partial charge in [-0.1, -0.05) is 42.5 Å². The van der Waals surface area contributed by atoms with Gasteiger partial charge < -0.3 is 4.57 Å². The summed E-state index contributed by atoms with van der Waals surface area (Å²) in [4.78, 5) is 6.60. The molecule has 0 bridgehead atoms. The van der Waals surface area contributed by atoms with Crippen LogP contribution in [0.1, 0.15) is 17.3 Å². The standard InChI is InChI=1S/C19H22N4O2S/c1-26(24,25)21-10-18-13-22(12-17-9-20-14-23(17)18)11-16-7-4-6-15-5-2-3-8-19(15)16/h2-9,14,18,21H,10-13H2,1H3. The molecule has 0 fully saturated rings. The van der Waals surface area contributed by atoms with Gasteiger partial charge in [-0.15, -0.1) is 0 Å². The molecule has 3 aromatic rings. The van der Waals surface area contributed by atoms with Crippen LogP contribution in [-0.2, 0) is 23.1 Å². The van der Waals surface area contributed by atoms with E-state index in [-0.39, 0.29) is 6.04 Å². The van der Waals surface area contributed by atoms with Crippen LogP contribution >= 0.6 is 0 Å². The van der Waals surface area contributed by atoms with Crippen molar-refractivity contribution in [2.45, 2.75) is 19.1 Å². The second kappa shape index (κ2) is 6.83. The highest BCUT2D eigenvalue weighted by atomic mass is 32.2. The van der Waals surface area contributed by atoms with E-state index in [0.29, 0.717) is 6.54 Å². The predicted octanol–water partition coefficient (Wildman–Crippen LogP) is 2.14. The van der Waals surface area contributed by atoms with Gasteiger partial charge in [0.25, 0.3) is 0 Å². The Hall–Kier alpha value is -2.22. The molecule has 6 nitrogen and oxygen atoms in total. The Kier molecular flexibility index (Phi) is 4.52. The molecule has 1 atom stereocenters. The summed E-state index contributed by atoms with van der Waals surface area (Å²) in [6.45, 7) is 2.77. The van der Waals surface area contributed by atoms with Gasteiger partial charge in [-0.3, -0.25) is 4.90 Å². The molecular weight excluding hydrogens is 348 g/mol. The molecule has 1 aromatic heterocycles. The van der Waals surface area contributed by atoms with Crippen molar-refractivity contribution in [1.82, 2.24) is 19.2 Å². The van der Waals surface area contributed by atoms with E-state index in [1.54, 1.807) is 6.33 Å². The summed E-state index contributed by atoms with van der Waals surface area (Å²) in [5.41, 5.74) is 2.39. The number of benzene rings is 2. The minimum absolute atomic E-state index is 0.0333. The molecule has 7 heteroatoms. The average molecular weight is 370 g/mol. The monoisotopic (exact) mass is 370 g/mol. The van der Waals surface area contributed by atoms with Crippen LogP contribution in [0.25, 0.3) is 10.8 Å². The van der Waals surface area contributed by atoms with Crippen molar-refractivity contribution in [2.24, 2.45) is 0 Å². The third-order valence-corrected chi connectivity index (χ3v) is 5.54. The number of aromatic nitrogens is 2. The molecule has 1 unspecified atom stereocenters. The summed E-state index contributed by atoms with van der Waals surface area (Å²) in [5, 5.41) is 2.50. The fourth-order valence-electron chi connectivity index (χ4n) is 3.67. The minimum Gasteiger partial charge on any atom is -0.328 e. The van der Waals surface area contributed by atoms with Crippen LogP contribution in [0.4, 0.5) is 0 Å². The van der Waals surface area contributed by atoms with Gasteiger partial charge in [-0.2, -0.15) is 0 Å². The lowest BCUT2D eigenvalue weighted by Gasteiger charge is -2.34. The topological polar surface area (TPSA) is 67.2 Å². The van der Waals surface area contributed by atoms with Crippen LogP contribution < -0.4 is 4.72 Å². The van der Waals surface area contributed by atoms with Gasteiger partial charge >= 0.3 is 0 Å². The number of hydrogen-bond donors (Lipinski definition) is 1. The predicted molar refractivity (Wildman–Crippen MR) is 102 cm³/mol. The summed E-state index contributed by atoms with van der Waals surface area (Å²) >= 11 is 0. The first kappa shape index (κ1) is 17.2. The average Bonchev–Trinajstić information content (AvgIpc) is 3.08. The molecule has 1 N–H and O–H groups in total. The Morgan fingerprint density at radius 1 is 1.19 bits per heavy atom. The molecule has 0 spiro atoms. The second-order valence-electron chi connectivity index (χ2n) is 6.87. The van der Waals surface area contributed by atoms with E-state index in [9.17, 15) is 8.42 Å². The molecule has 0 saturated carbocycles. The number of fused-ring (bicyclic) bond motifs is 2. The van der Waals surface area contributed by atoms with E-state index in [0.717, 1.165) is 25.3 Å². The molecule has 0 amide bonds. The Morgan fingerprint density at radius 2 is 2.00 bits per heavy atom. The quantitative estimate of drug-likeness (QED) is 0.747. The Morgan fingerprint density at radius 3 is 2.85 bits per heavy atom. The molecule has 0 radical (unpaired) electrons. The fraction of sp³-hybridized carbons (Fsp3) is 0.316. The van der Waals surface area contributed by atoms with Gasteiger partial charge in [0.15, 0.2) is 0 Å². The first-order chi connectivity index (χ1) is 12.5. The van der Waals surface area contributed by atoms with Crippen molar-refractivity contribution in [3.8, 4) is 0 Å². The minimum atomic E-state index is -3.22. The van der Waals surface area contributed by atoms with Crippen molar-refractivity contribution in [2.75, 3.05) is 19.3 Å². The first-order valence-electron chi connectivity index (χ1n) is 8.64. The molecule has 1 aliphatic rings. The van der Waals surface area contributed by atoms with Gasteiger partial charge in [-0.25, -0.2) is 18.1 Å². The van der Waals surface area contributed by atoms with Crippen molar-refractivity contribution in [1.29, 1.82) is 0 Å². The summed E-state index contributed by atoms with van der Waals surface area (Å²) < 4.78 is 27.7. The maximum Gasteiger partial charge on any atom is 0.208 e.